The van der Waals surface area contributed by atoms with Gasteiger partial charge in [0, 0.05) is 19.3 Å². The van der Waals surface area contributed by atoms with Gasteiger partial charge < -0.3 is 15.3 Å². The minimum atomic E-state index is -0.313. The first kappa shape index (κ1) is 13.1. The van der Waals surface area contributed by atoms with E-state index in [2.05, 4.69) is 5.32 Å². The predicted octanol–water partition coefficient (Wildman–Crippen LogP) is 2.45. The van der Waals surface area contributed by atoms with E-state index in [9.17, 15) is 4.79 Å². The number of anilines is 1. The average molecular weight is 263 g/mol. The number of benzene rings is 1. The van der Waals surface area contributed by atoms with Crippen LogP contribution in [0.4, 0.5) is 10.5 Å². The molecule has 0 heterocycles. The molecule has 0 spiro atoms. The third-order valence-electron chi connectivity index (χ3n) is 1.95. The van der Waals surface area contributed by atoms with Gasteiger partial charge in [-0.2, -0.15) is 0 Å². The molecular weight excluding hydrogens is 251 g/mol. The Morgan fingerprint density at radius 1 is 1.44 bits per heavy atom. The van der Waals surface area contributed by atoms with Gasteiger partial charge in [-0.25, -0.2) is 4.79 Å². The average Bonchev–Trinajstić information content (AvgIpc) is 2.24. The first-order valence-corrected chi connectivity index (χ1v) is 5.38. The van der Waals surface area contributed by atoms with Crippen LogP contribution in [0.15, 0.2) is 18.2 Å². The second-order valence-corrected chi connectivity index (χ2v) is 4.02. The van der Waals surface area contributed by atoms with Crippen molar-refractivity contribution in [3.05, 3.63) is 28.2 Å². The highest BCUT2D eigenvalue weighted by atomic mass is 35.5. The highest BCUT2D eigenvalue weighted by Crippen LogP contribution is 2.25. The molecule has 0 aliphatic heterocycles. The zero-order valence-electron chi connectivity index (χ0n) is 8.70. The van der Waals surface area contributed by atoms with Gasteiger partial charge in [-0.15, -0.1) is 0 Å². The normalized spacial score (nSPS) is 10.0. The van der Waals surface area contributed by atoms with E-state index in [-0.39, 0.29) is 19.2 Å². The van der Waals surface area contributed by atoms with Gasteiger partial charge in [-0.1, -0.05) is 23.2 Å². The maximum absolute atomic E-state index is 11.5. The van der Waals surface area contributed by atoms with Crippen LogP contribution in [0, 0.1) is 0 Å². The summed E-state index contributed by atoms with van der Waals surface area (Å²) in [4.78, 5) is 12.9. The van der Waals surface area contributed by atoms with Crippen LogP contribution in [0.25, 0.3) is 0 Å². The van der Waals surface area contributed by atoms with Crippen molar-refractivity contribution in [3.8, 4) is 0 Å². The number of nitrogens with zero attached hydrogens (tertiary/aromatic N) is 1. The van der Waals surface area contributed by atoms with Crippen LogP contribution in [0.1, 0.15) is 0 Å². The van der Waals surface area contributed by atoms with E-state index in [1.165, 1.54) is 4.90 Å². The summed E-state index contributed by atoms with van der Waals surface area (Å²) in [5.41, 5.74) is 0.559. The number of likely N-dealkylation sites (N-methyl/N-ethyl adjacent to an activating group) is 1. The molecule has 2 amide bonds. The molecule has 1 rings (SSSR count). The van der Waals surface area contributed by atoms with Gasteiger partial charge in [-0.05, 0) is 18.2 Å². The molecule has 4 nitrogen and oxygen atoms in total. The topological polar surface area (TPSA) is 52.6 Å². The fourth-order valence-electron chi connectivity index (χ4n) is 1.04. The van der Waals surface area contributed by atoms with Gasteiger partial charge in [-0.3, -0.25) is 0 Å². The van der Waals surface area contributed by atoms with E-state index in [1.807, 2.05) is 0 Å². The van der Waals surface area contributed by atoms with Gasteiger partial charge in [0.25, 0.3) is 0 Å². The molecule has 16 heavy (non-hydrogen) atoms. The summed E-state index contributed by atoms with van der Waals surface area (Å²) in [6.45, 7) is 0.193. The molecule has 88 valence electrons. The van der Waals surface area contributed by atoms with Crippen LogP contribution < -0.4 is 5.32 Å². The number of rotatable bonds is 3. The number of aliphatic hydroxyl groups excluding tert-OH is 1. The number of urea groups is 1. The van der Waals surface area contributed by atoms with E-state index in [4.69, 9.17) is 28.3 Å². The Labute approximate surface area is 104 Å². The van der Waals surface area contributed by atoms with Crippen molar-refractivity contribution < 1.29 is 9.90 Å². The van der Waals surface area contributed by atoms with Crippen LogP contribution in [-0.4, -0.2) is 36.2 Å². The summed E-state index contributed by atoms with van der Waals surface area (Å²) in [5.74, 6) is 0. The predicted molar refractivity (Wildman–Crippen MR) is 65.2 cm³/mol. The van der Waals surface area contributed by atoms with Gasteiger partial charge in [0.05, 0.1) is 16.7 Å². The SMILES string of the molecule is CN(CCO)C(=O)Nc1ccc(Cl)c(Cl)c1. The molecule has 1 aromatic carbocycles. The number of carbonyl (C=O) groups excluding carboxylic acids is 1. The Kier molecular flexibility index (Phi) is 4.86. The highest BCUT2D eigenvalue weighted by molar-refractivity contribution is 6.42. The second kappa shape index (κ2) is 5.94. The number of carbonyl (C=O) groups is 1. The minimum Gasteiger partial charge on any atom is -0.395 e. The lowest BCUT2D eigenvalue weighted by Crippen LogP contribution is -2.33. The van der Waals surface area contributed by atoms with Gasteiger partial charge in [0.2, 0.25) is 0 Å². The van der Waals surface area contributed by atoms with E-state index < -0.39 is 0 Å². The molecular formula is C10H12Cl2N2O2. The molecule has 0 fully saturated rings. The van der Waals surface area contributed by atoms with Crippen molar-refractivity contribution in [1.82, 2.24) is 4.90 Å². The van der Waals surface area contributed by atoms with Crippen LogP contribution in [0.3, 0.4) is 0 Å². The zero-order valence-corrected chi connectivity index (χ0v) is 10.2. The van der Waals surface area contributed by atoms with E-state index in [1.54, 1.807) is 25.2 Å². The molecule has 1 aromatic rings. The summed E-state index contributed by atoms with van der Waals surface area (Å²) in [5, 5.41) is 12.1. The molecule has 0 bridgehead atoms. The minimum absolute atomic E-state index is 0.0781. The molecule has 6 heteroatoms. The highest BCUT2D eigenvalue weighted by Gasteiger charge is 2.08. The van der Waals surface area contributed by atoms with Crippen molar-refractivity contribution in [1.29, 1.82) is 0 Å². The quantitative estimate of drug-likeness (QED) is 0.880. The lowest BCUT2D eigenvalue weighted by Gasteiger charge is -2.16. The molecule has 0 saturated carbocycles. The third-order valence-corrected chi connectivity index (χ3v) is 2.69. The van der Waals surface area contributed by atoms with Crippen molar-refractivity contribution in [3.63, 3.8) is 0 Å². The second-order valence-electron chi connectivity index (χ2n) is 3.20. The Balaban J connectivity index is 2.66. The van der Waals surface area contributed by atoms with E-state index in [0.717, 1.165) is 0 Å². The maximum Gasteiger partial charge on any atom is 0.321 e. The van der Waals surface area contributed by atoms with E-state index >= 15 is 0 Å². The van der Waals surface area contributed by atoms with Gasteiger partial charge >= 0.3 is 6.03 Å². The van der Waals surface area contributed by atoms with E-state index in [0.29, 0.717) is 15.7 Å². The molecule has 0 aliphatic carbocycles. The number of aliphatic hydroxyl groups is 1. The first-order chi connectivity index (χ1) is 7.54. The van der Waals surface area contributed by atoms with Gasteiger partial charge in [0.1, 0.15) is 0 Å². The number of halogens is 2. The number of amides is 2. The summed E-state index contributed by atoms with van der Waals surface area (Å²) < 4.78 is 0. The standard InChI is InChI=1S/C10H12Cl2N2O2/c1-14(4-5-15)10(16)13-7-2-3-8(11)9(12)6-7/h2-3,6,15H,4-5H2,1H3,(H,13,16). The number of nitrogens with one attached hydrogen (secondary N) is 1. The third kappa shape index (κ3) is 3.56. The van der Waals surface area contributed by atoms with Crippen LogP contribution in [0.2, 0.25) is 10.0 Å². The summed E-state index contributed by atoms with van der Waals surface area (Å²) in [7, 11) is 1.59. The summed E-state index contributed by atoms with van der Waals surface area (Å²) in [6.07, 6.45) is 0. The van der Waals surface area contributed by atoms with Crippen LogP contribution >= 0.6 is 23.2 Å². The fourth-order valence-corrected chi connectivity index (χ4v) is 1.34. The van der Waals surface area contributed by atoms with Crippen molar-refractivity contribution in [2.45, 2.75) is 0 Å². The Morgan fingerprint density at radius 3 is 2.69 bits per heavy atom. The van der Waals surface area contributed by atoms with Gasteiger partial charge in [0.15, 0.2) is 0 Å². The van der Waals surface area contributed by atoms with Crippen molar-refractivity contribution >= 4 is 34.9 Å². The number of hydrogen-bond acceptors (Lipinski definition) is 2. The van der Waals surface area contributed by atoms with Crippen molar-refractivity contribution in [2.75, 3.05) is 25.5 Å². The lowest BCUT2D eigenvalue weighted by atomic mass is 10.3. The Hall–Kier alpha value is -0.970. The van der Waals surface area contributed by atoms with Crippen LogP contribution in [-0.2, 0) is 0 Å². The molecule has 2 N–H and O–H groups in total. The monoisotopic (exact) mass is 262 g/mol. The Morgan fingerprint density at radius 2 is 2.12 bits per heavy atom. The zero-order chi connectivity index (χ0) is 12.1. The van der Waals surface area contributed by atoms with Crippen LogP contribution in [0.5, 0.6) is 0 Å². The molecule has 0 radical (unpaired) electrons. The molecule has 0 atom stereocenters. The molecule has 0 saturated heterocycles. The molecule has 0 aromatic heterocycles. The number of hydrogen-bond donors (Lipinski definition) is 2. The maximum atomic E-state index is 11.5. The first-order valence-electron chi connectivity index (χ1n) is 4.62. The lowest BCUT2D eigenvalue weighted by molar-refractivity contribution is 0.202. The largest absolute Gasteiger partial charge is 0.395 e. The molecule has 0 unspecified atom stereocenters. The molecule has 0 aliphatic rings. The smallest absolute Gasteiger partial charge is 0.321 e. The summed E-state index contributed by atoms with van der Waals surface area (Å²) in [6, 6.07) is 4.51. The van der Waals surface area contributed by atoms with Crippen molar-refractivity contribution in [2.24, 2.45) is 0 Å². The summed E-state index contributed by atoms with van der Waals surface area (Å²) >= 11 is 11.5. The Bertz CT molecular complexity index is 385. The fraction of sp³-hybridized carbons (Fsp3) is 0.300.